The number of amides is 1. The molecule has 1 aromatic rings. The van der Waals surface area contributed by atoms with E-state index in [9.17, 15) is 4.79 Å². The number of pyridine rings is 1. The van der Waals surface area contributed by atoms with E-state index in [0.29, 0.717) is 17.7 Å². The predicted octanol–water partition coefficient (Wildman–Crippen LogP) is 4.32. The zero-order valence-electron chi connectivity index (χ0n) is 14.4. The minimum Gasteiger partial charge on any atom is -0.339 e. The maximum atomic E-state index is 12.7. The zero-order valence-corrected chi connectivity index (χ0v) is 15.2. The van der Waals surface area contributed by atoms with Crippen molar-refractivity contribution in [3.63, 3.8) is 0 Å². The van der Waals surface area contributed by atoms with E-state index in [2.05, 4.69) is 28.9 Å². The first-order valence-electron chi connectivity index (χ1n) is 9.07. The van der Waals surface area contributed by atoms with Gasteiger partial charge in [0.15, 0.2) is 0 Å². The zero-order chi connectivity index (χ0) is 16.3. The van der Waals surface area contributed by atoms with Gasteiger partial charge in [0.25, 0.3) is 0 Å². The fraction of sp³-hybridized carbons (Fsp3) is 0.684. The average molecular weight is 335 g/mol. The van der Waals surface area contributed by atoms with Crippen molar-refractivity contribution >= 4 is 17.7 Å². The van der Waals surface area contributed by atoms with Gasteiger partial charge in [-0.1, -0.05) is 32.6 Å². The SMILES string of the molecule is CCCCSCC(=O)N(CCc1ccncc1)C1CCCCC1. The van der Waals surface area contributed by atoms with Crippen LogP contribution in [0.3, 0.4) is 0 Å². The summed E-state index contributed by atoms with van der Waals surface area (Å²) in [6.07, 6.45) is 13.3. The molecule has 0 atom stereocenters. The molecule has 128 valence electrons. The summed E-state index contributed by atoms with van der Waals surface area (Å²) in [7, 11) is 0. The summed E-state index contributed by atoms with van der Waals surface area (Å²) < 4.78 is 0. The Labute approximate surface area is 145 Å². The molecule has 0 aliphatic heterocycles. The molecule has 0 aromatic carbocycles. The molecule has 0 radical (unpaired) electrons. The highest BCUT2D eigenvalue weighted by Gasteiger charge is 2.24. The van der Waals surface area contributed by atoms with Crippen molar-refractivity contribution in [3.8, 4) is 0 Å². The first-order valence-corrected chi connectivity index (χ1v) is 10.2. The number of thioether (sulfide) groups is 1. The van der Waals surface area contributed by atoms with Crippen LogP contribution in [-0.2, 0) is 11.2 Å². The summed E-state index contributed by atoms with van der Waals surface area (Å²) in [5, 5.41) is 0. The van der Waals surface area contributed by atoms with E-state index in [-0.39, 0.29) is 0 Å². The van der Waals surface area contributed by atoms with Crippen molar-refractivity contribution in [2.24, 2.45) is 0 Å². The maximum Gasteiger partial charge on any atom is 0.232 e. The molecule has 1 saturated carbocycles. The molecule has 0 N–H and O–H groups in total. The smallest absolute Gasteiger partial charge is 0.232 e. The number of hydrogen-bond donors (Lipinski definition) is 0. The molecule has 1 aliphatic carbocycles. The highest BCUT2D eigenvalue weighted by atomic mass is 32.2. The summed E-state index contributed by atoms with van der Waals surface area (Å²) in [6, 6.07) is 4.57. The third kappa shape index (κ3) is 6.54. The molecule has 1 fully saturated rings. The van der Waals surface area contributed by atoms with Gasteiger partial charge in [-0.15, -0.1) is 0 Å². The van der Waals surface area contributed by atoms with Gasteiger partial charge < -0.3 is 4.90 Å². The van der Waals surface area contributed by atoms with Crippen molar-refractivity contribution in [2.45, 2.75) is 64.3 Å². The fourth-order valence-corrected chi connectivity index (χ4v) is 4.17. The lowest BCUT2D eigenvalue weighted by Gasteiger charge is -2.34. The summed E-state index contributed by atoms with van der Waals surface area (Å²) in [4.78, 5) is 19.0. The van der Waals surface area contributed by atoms with E-state index in [1.165, 1.54) is 50.5 Å². The molecular formula is C19H30N2OS. The second-order valence-corrected chi connectivity index (χ2v) is 7.50. The second-order valence-electron chi connectivity index (χ2n) is 6.39. The minimum atomic E-state index is 0.340. The van der Waals surface area contributed by atoms with Gasteiger partial charge in [-0.2, -0.15) is 11.8 Å². The van der Waals surface area contributed by atoms with E-state index >= 15 is 0 Å². The molecule has 0 saturated heterocycles. The number of aromatic nitrogens is 1. The van der Waals surface area contributed by atoms with Gasteiger partial charge in [0.2, 0.25) is 5.91 Å². The first kappa shape index (κ1) is 18.3. The molecule has 3 nitrogen and oxygen atoms in total. The summed E-state index contributed by atoms with van der Waals surface area (Å²) in [6.45, 7) is 3.05. The van der Waals surface area contributed by atoms with Crippen molar-refractivity contribution in [1.82, 2.24) is 9.88 Å². The number of carbonyl (C=O) groups is 1. The molecule has 1 aliphatic rings. The van der Waals surface area contributed by atoms with E-state index < -0.39 is 0 Å². The minimum absolute atomic E-state index is 0.340. The first-order chi connectivity index (χ1) is 11.3. The van der Waals surface area contributed by atoms with E-state index in [4.69, 9.17) is 0 Å². The Bertz CT molecular complexity index is 446. The molecule has 1 heterocycles. The Balaban J connectivity index is 1.89. The van der Waals surface area contributed by atoms with Gasteiger partial charge in [0, 0.05) is 25.0 Å². The topological polar surface area (TPSA) is 33.2 Å². The molecule has 0 bridgehead atoms. The lowest BCUT2D eigenvalue weighted by Crippen LogP contribution is -2.43. The fourth-order valence-electron chi connectivity index (χ4n) is 3.19. The maximum absolute atomic E-state index is 12.7. The van der Waals surface area contributed by atoms with Gasteiger partial charge in [0.05, 0.1) is 5.75 Å². The number of nitrogens with zero attached hydrogens (tertiary/aromatic N) is 2. The number of carbonyl (C=O) groups excluding carboxylic acids is 1. The standard InChI is InChI=1S/C19H30N2OS/c1-2-3-15-23-16-19(22)21(18-7-5-4-6-8-18)14-11-17-9-12-20-13-10-17/h9-10,12-13,18H,2-8,11,14-16H2,1H3. The molecule has 0 unspecified atom stereocenters. The molecule has 1 amide bonds. The predicted molar refractivity (Wildman–Crippen MR) is 98.8 cm³/mol. The Morgan fingerprint density at radius 2 is 2.00 bits per heavy atom. The molecule has 4 heteroatoms. The number of unbranched alkanes of at least 4 members (excludes halogenated alkanes) is 1. The summed E-state index contributed by atoms with van der Waals surface area (Å²) >= 11 is 1.80. The van der Waals surface area contributed by atoms with Crippen molar-refractivity contribution in [3.05, 3.63) is 30.1 Å². The molecule has 2 rings (SSSR count). The number of hydrogen-bond acceptors (Lipinski definition) is 3. The monoisotopic (exact) mass is 334 g/mol. The molecule has 23 heavy (non-hydrogen) atoms. The van der Waals surface area contributed by atoms with Crippen molar-refractivity contribution in [2.75, 3.05) is 18.1 Å². The van der Waals surface area contributed by atoms with Crippen LogP contribution in [0.4, 0.5) is 0 Å². The van der Waals surface area contributed by atoms with Crippen molar-refractivity contribution < 1.29 is 4.79 Å². The highest BCUT2D eigenvalue weighted by molar-refractivity contribution is 7.99. The second kappa shape index (κ2) is 10.7. The van der Waals surface area contributed by atoms with Gasteiger partial charge >= 0.3 is 0 Å². The van der Waals surface area contributed by atoms with Crippen LogP contribution in [0.15, 0.2) is 24.5 Å². The van der Waals surface area contributed by atoms with Crippen LogP contribution in [0.25, 0.3) is 0 Å². The highest BCUT2D eigenvalue weighted by Crippen LogP contribution is 2.24. The van der Waals surface area contributed by atoms with Crippen LogP contribution in [0.2, 0.25) is 0 Å². The summed E-state index contributed by atoms with van der Waals surface area (Å²) in [5.74, 6) is 2.09. The Morgan fingerprint density at radius 3 is 2.70 bits per heavy atom. The third-order valence-electron chi connectivity index (χ3n) is 4.59. The Kier molecular flexibility index (Phi) is 8.51. The Morgan fingerprint density at radius 1 is 1.26 bits per heavy atom. The number of rotatable bonds is 9. The van der Waals surface area contributed by atoms with Crippen LogP contribution in [0.1, 0.15) is 57.4 Å². The van der Waals surface area contributed by atoms with Gasteiger partial charge in [-0.05, 0) is 49.1 Å². The lowest BCUT2D eigenvalue weighted by atomic mass is 9.94. The van der Waals surface area contributed by atoms with E-state index in [1.54, 1.807) is 11.8 Å². The van der Waals surface area contributed by atoms with Crippen LogP contribution in [0.5, 0.6) is 0 Å². The van der Waals surface area contributed by atoms with Crippen LogP contribution in [0, 0.1) is 0 Å². The summed E-state index contributed by atoms with van der Waals surface area (Å²) in [5.41, 5.74) is 1.27. The van der Waals surface area contributed by atoms with E-state index in [0.717, 1.165) is 18.7 Å². The van der Waals surface area contributed by atoms with Gasteiger partial charge in [-0.25, -0.2) is 0 Å². The van der Waals surface area contributed by atoms with E-state index in [1.807, 2.05) is 12.4 Å². The van der Waals surface area contributed by atoms with Crippen LogP contribution < -0.4 is 0 Å². The third-order valence-corrected chi connectivity index (χ3v) is 5.62. The van der Waals surface area contributed by atoms with Crippen LogP contribution in [-0.4, -0.2) is 39.9 Å². The Hall–Kier alpha value is -1.03. The largest absolute Gasteiger partial charge is 0.339 e. The average Bonchev–Trinajstić information content (AvgIpc) is 2.61. The van der Waals surface area contributed by atoms with Gasteiger partial charge in [0.1, 0.15) is 0 Å². The van der Waals surface area contributed by atoms with Gasteiger partial charge in [-0.3, -0.25) is 9.78 Å². The van der Waals surface area contributed by atoms with Crippen LogP contribution >= 0.6 is 11.8 Å². The molecule has 0 spiro atoms. The normalized spacial score (nSPS) is 15.5. The quantitative estimate of drug-likeness (QED) is 0.631. The molecule has 1 aromatic heterocycles. The lowest BCUT2D eigenvalue weighted by molar-refractivity contribution is -0.131. The van der Waals surface area contributed by atoms with Crippen molar-refractivity contribution in [1.29, 1.82) is 0 Å². The molecular weight excluding hydrogens is 304 g/mol.